The summed E-state index contributed by atoms with van der Waals surface area (Å²) >= 11 is 29.4. The molecule has 0 saturated heterocycles. The maximum atomic E-state index is 12.1. The van der Waals surface area contributed by atoms with Crippen molar-refractivity contribution in [3.05, 3.63) is 186 Å². The van der Waals surface area contributed by atoms with Gasteiger partial charge < -0.3 is 10.0 Å². The normalized spacial score (nSPS) is 12.1. The number of carbonyl (C=O) groups excluding carboxylic acids is 2. The first-order valence-corrected chi connectivity index (χ1v) is 64.4. The molecular formula is C94H99BBr4O4S9Si5. The molecule has 9 heterocycles. The molecule has 23 heteroatoms. The minimum atomic E-state index is -1.67. The van der Waals surface area contributed by atoms with Crippen molar-refractivity contribution in [2.75, 3.05) is 0 Å². The highest BCUT2D eigenvalue weighted by molar-refractivity contribution is 9.11. The van der Waals surface area contributed by atoms with Crippen LogP contribution >= 0.6 is 166 Å². The molecule has 14 aromatic rings. The molecule has 0 aliphatic heterocycles. The molecule has 15 rings (SSSR count). The van der Waals surface area contributed by atoms with Crippen LogP contribution < -0.4 is 4.78 Å². The Balaban J connectivity index is 0.000000165. The summed E-state index contributed by atoms with van der Waals surface area (Å²) in [7, 11) is -8.91. The first-order valence-electron chi connectivity index (χ1n) is 40.8. The summed E-state index contributed by atoms with van der Waals surface area (Å²) in [6.45, 7) is 34.8. The molecule has 0 amide bonds. The molecule has 0 radical (unpaired) electrons. The molecule has 0 spiro atoms. The Kier molecular flexibility index (Phi) is 32.8. The molecule has 117 heavy (non-hydrogen) atoms. The van der Waals surface area contributed by atoms with E-state index < -0.39 is 47.5 Å². The van der Waals surface area contributed by atoms with E-state index in [0.29, 0.717) is 25.7 Å². The third-order valence-corrected chi connectivity index (χ3v) is 60.7. The van der Waals surface area contributed by atoms with Crippen molar-refractivity contribution in [3.63, 3.8) is 0 Å². The van der Waals surface area contributed by atoms with Gasteiger partial charge in [0.15, 0.2) is 0 Å². The van der Waals surface area contributed by atoms with Gasteiger partial charge >= 0.3 is 7.12 Å². The van der Waals surface area contributed by atoms with Crippen molar-refractivity contribution in [2.45, 2.75) is 195 Å². The Labute approximate surface area is 768 Å². The van der Waals surface area contributed by atoms with E-state index in [1.54, 1.807) is 40.9 Å². The van der Waals surface area contributed by atoms with Gasteiger partial charge in [0.05, 0.1) is 66.0 Å². The largest absolute Gasteiger partial charge is 0.499 e. The van der Waals surface area contributed by atoms with Crippen LogP contribution in [-0.2, 0) is 0 Å². The summed E-state index contributed by atoms with van der Waals surface area (Å²) in [6.07, 6.45) is 5.45. The molecule has 1 aliphatic rings. The van der Waals surface area contributed by atoms with Crippen LogP contribution in [0.4, 0.5) is 0 Å². The van der Waals surface area contributed by atoms with Gasteiger partial charge in [-0.3, -0.25) is 9.59 Å². The summed E-state index contributed by atoms with van der Waals surface area (Å²) in [5.41, 5.74) is 24.6. The molecule has 4 nitrogen and oxygen atoms in total. The van der Waals surface area contributed by atoms with Crippen LogP contribution in [0.25, 0.3) is 90.1 Å². The molecule has 5 aromatic carbocycles. The molecule has 0 unspecified atom stereocenters. The van der Waals surface area contributed by atoms with Gasteiger partial charge in [0.1, 0.15) is 40.4 Å². The van der Waals surface area contributed by atoms with Crippen molar-refractivity contribution < 1.29 is 19.6 Å². The molecule has 9 aromatic heterocycles. The monoisotopic (exact) mass is 2050 g/mol. The zero-order valence-electron chi connectivity index (χ0n) is 69.3. The van der Waals surface area contributed by atoms with Crippen LogP contribution in [0.2, 0.25) is 90.7 Å². The van der Waals surface area contributed by atoms with Crippen molar-refractivity contribution in [2.24, 2.45) is 0 Å². The third-order valence-electron chi connectivity index (χ3n) is 24.5. The lowest BCUT2D eigenvalue weighted by atomic mass is 9.89. The Morgan fingerprint density at radius 3 is 0.863 bits per heavy atom. The van der Waals surface area contributed by atoms with Gasteiger partial charge in [0, 0.05) is 71.1 Å². The third kappa shape index (κ3) is 20.3. The van der Waals surface area contributed by atoms with E-state index in [-0.39, 0.29) is 11.6 Å². The fraction of sp³-hybridized carbons (Fsp3) is 0.319. The number of carbonyl (C=O) groups is 2. The SMILES string of the molecule is C#C[Si](CC)(CC)CC.CC[Si](C#Cc1c2cc(-c3cc4ccccc4s3)sc2c(C#C[Si](CC)(CC)CC)c2cc(-c3cc4ccccc4s3)sc12)(CC)CC.CC[Si](C#Cc1c2cc(Br)sc2c(C#C[Si](CC)(CC)CC)c2cc(Br)sc12)(CC)CC.O=C1c2cc(Br)sc2C(=O)c2cc(Br)sc21.OB(O)c1cc2ccccc2s1. The maximum absolute atomic E-state index is 12.1. The van der Waals surface area contributed by atoms with E-state index in [1.165, 1.54) is 227 Å². The highest BCUT2D eigenvalue weighted by atomic mass is 79.9. The van der Waals surface area contributed by atoms with Crippen molar-refractivity contribution in [3.8, 4) is 77.3 Å². The number of hydrogen-bond acceptors (Lipinski definition) is 13. The summed E-state index contributed by atoms with van der Waals surface area (Å²) in [4.78, 5) is 30.6. The summed E-state index contributed by atoms with van der Waals surface area (Å²) in [6, 6.07) is 63.0. The fourth-order valence-corrected chi connectivity index (χ4v) is 38.8. The minimum Gasteiger partial charge on any atom is -0.423 e. The summed E-state index contributed by atoms with van der Waals surface area (Å²) in [5, 5.41) is 26.6. The summed E-state index contributed by atoms with van der Waals surface area (Å²) in [5.74, 6) is 15.2. The molecule has 2 N–H and O–H groups in total. The smallest absolute Gasteiger partial charge is 0.423 e. The average Bonchev–Trinajstić information content (AvgIpc) is 1.58. The lowest BCUT2D eigenvalue weighted by molar-refractivity contribution is 0.0986. The lowest BCUT2D eigenvalue weighted by Crippen LogP contribution is -2.29. The highest BCUT2D eigenvalue weighted by Gasteiger charge is 2.35. The van der Waals surface area contributed by atoms with Gasteiger partial charge in [0.2, 0.25) is 11.6 Å². The van der Waals surface area contributed by atoms with Gasteiger partial charge in [-0.2, -0.15) is 0 Å². The van der Waals surface area contributed by atoms with Crippen molar-refractivity contribution >= 4 is 300 Å². The zero-order valence-corrected chi connectivity index (χ0v) is 88.0. The van der Waals surface area contributed by atoms with Gasteiger partial charge in [-0.15, -0.1) is 136 Å². The second-order valence-corrected chi connectivity index (χ2v) is 69.6. The molecule has 0 atom stereocenters. The molecule has 604 valence electrons. The van der Waals surface area contributed by atoms with Gasteiger partial charge in [-0.25, -0.2) is 0 Å². The molecule has 1 aliphatic carbocycles. The summed E-state index contributed by atoms with van der Waals surface area (Å²) < 4.78 is 13.5. The van der Waals surface area contributed by atoms with Crippen LogP contribution in [-0.4, -0.2) is 69.1 Å². The van der Waals surface area contributed by atoms with Crippen LogP contribution in [0.15, 0.2) is 143 Å². The number of fused-ring (bicyclic) bond motifs is 9. The van der Waals surface area contributed by atoms with Crippen LogP contribution in [0.3, 0.4) is 0 Å². The molecule has 0 fully saturated rings. The first kappa shape index (κ1) is 93.1. The Morgan fingerprint density at radius 2 is 0.590 bits per heavy atom. The average molecular weight is 2050 g/mol. The van der Waals surface area contributed by atoms with E-state index in [9.17, 15) is 9.59 Å². The fourth-order valence-electron chi connectivity index (χ4n) is 15.1. The number of hydrogen-bond donors (Lipinski definition) is 2. The number of rotatable bonds is 18. The lowest BCUT2D eigenvalue weighted by Gasteiger charge is -2.20. The molecule has 0 saturated carbocycles. The quantitative estimate of drug-likeness (QED) is 0.0663. The Bertz CT molecular complexity index is 5670. The standard InChI is InChI=1S/C42H42S4Si2.C26H32Br2S2Si2.C10H2Br2O2S2.C8H7BO2S.C8H16Si/c1-7-47(8-2,9-3)23-21-31-33-27-39(37-25-29-17-13-15-19-35(29)43-37)46-42(33)32(22-24-48(10-4,11-5)12-6)34-28-40(45-41(31)34)38-26-30-18-14-16-20-36(30)44-38;1-7-31(8-2,9-3)15-13-19-21-17-23(27)30-26(21)20(22-18-24(28)29-25(19)22)14-16-32(10-4,11-5)12-6;11-5-1-3-7(13)10-4(2-6(12)16-10)8(14)9(3)15-5;10-9(11)8-5-6-3-1-2-4-7(6)12-8;1-5-9(6-2,7-3)8-4/h13-20,25-28H,7-12H2,1-6H3;17-18H,7-12H2,1-6H3;1-2H;1-5,10-11H;1H,6-8H2,2-4H3. The first-order chi connectivity index (χ1) is 56.3. The van der Waals surface area contributed by atoms with E-state index >= 15 is 0 Å². The number of thiophene rings is 9. The second-order valence-electron chi connectivity index (χ2n) is 29.7. The molecular weight excluding hydrogens is 1950 g/mol. The van der Waals surface area contributed by atoms with Crippen LogP contribution in [0, 0.1) is 57.8 Å². The number of halogens is 4. The highest BCUT2D eigenvalue weighted by Crippen LogP contribution is 2.50. The molecule has 0 bridgehead atoms. The van der Waals surface area contributed by atoms with E-state index in [1.807, 2.05) is 69.6 Å². The topological polar surface area (TPSA) is 74.6 Å². The van der Waals surface area contributed by atoms with Crippen molar-refractivity contribution in [1.82, 2.24) is 0 Å². The predicted molar refractivity (Wildman–Crippen MR) is 556 cm³/mol. The van der Waals surface area contributed by atoms with E-state index in [2.05, 4.69) is 304 Å². The zero-order chi connectivity index (χ0) is 84.3. The Morgan fingerprint density at radius 1 is 0.325 bits per heavy atom. The van der Waals surface area contributed by atoms with E-state index in [4.69, 9.17) is 16.5 Å². The van der Waals surface area contributed by atoms with Gasteiger partial charge in [-0.05, 0) is 243 Å². The second kappa shape index (κ2) is 41.2. The maximum Gasteiger partial charge on any atom is 0.499 e. The van der Waals surface area contributed by atoms with Crippen LogP contribution in [0.1, 0.15) is 157 Å². The Hall–Kier alpha value is -4.65. The van der Waals surface area contributed by atoms with Crippen LogP contribution in [0.5, 0.6) is 0 Å². The van der Waals surface area contributed by atoms with Gasteiger partial charge in [-0.1, -0.05) is 182 Å². The van der Waals surface area contributed by atoms with Crippen molar-refractivity contribution in [1.29, 1.82) is 0 Å². The minimum absolute atomic E-state index is 0.0535. The predicted octanol–water partition coefficient (Wildman–Crippen LogP) is 32.5. The van der Waals surface area contributed by atoms with E-state index in [0.717, 1.165) is 25.2 Å². The number of benzene rings is 5. The number of ketones is 2. The van der Waals surface area contributed by atoms with Gasteiger partial charge in [0.25, 0.3) is 0 Å². The number of terminal acetylenes is 1.